The molecule has 1 fully saturated rings. The Morgan fingerprint density at radius 3 is 3.18 bits per heavy atom. The second-order valence-corrected chi connectivity index (χ2v) is 3.51. The van der Waals surface area contributed by atoms with Crippen LogP contribution < -0.4 is 5.32 Å². The minimum Gasteiger partial charge on any atom is -0.392 e. The third-order valence-electron chi connectivity index (χ3n) is 2.79. The quantitative estimate of drug-likeness (QED) is 0.547. The Bertz CT molecular complexity index is 176. The molecule has 0 aliphatic carbocycles. The Labute approximate surface area is 67.3 Å². The van der Waals surface area contributed by atoms with Crippen LogP contribution in [-0.4, -0.2) is 23.8 Å². The average molecular weight is 153 g/mol. The molecule has 2 nitrogen and oxygen atoms in total. The second-order valence-electron chi connectivity index (χ2n) is 3.51. The van der Waals surface area contributed by atoms with Gasteiger partial charge in [0.25, 0.3) is 0 Å². The molecule has 0 radical (unpaired) electrons. The molecule has 2 aliphatic heterocycles. The second kappa shape index (κ2) is 2.95. The van der Waals surface area contributed by atoms with Crippen LogP contribution in [0.3, 0.4) is 0 Å². The topological polar surface area (TPSA) is 32.3 Å². The minimum absolute atomic E-state index is 0.240. The third kappa shape index (κ3) is 1.33. The SMILES string of the molecule is OCC1=CCC[C@@H]2CC[C@H]1N2. The maximum atomic E-state index is 9.03. The van der Waals surface area contributed by atoms with Crippen LogP contribution in [0.1, 0.15) is 25.7 Å². The lowest BCUT2D eigenvalue weighted by atomic mass is 10.0. The van der Waals surface area contributed by atoms with Gasteiger partial charge in [-0.25, -0.2) is 0 Å². The van der Waals surface area contributed by atoms with Crippen molar-refractivity contribution in [2.45, 2.75) is 37.8 Å². The molecule has 0 aromatic rings. The van der Waals surface area contributed by atoms with Crippen LogP contribution in [0.15, 0.2) is 11.6 Å². The molecule has 11 heavy (non-hydrogen) atoms. The van der Waals surface area contributed by atoms with E-state index in [9.17, 15) is 0 Å². The number of nitrogens with one attached hydrogen (secondary N) is 1. The van der Waals surface area contributed by atoms with Gasteiger partial charge in [0.05, 0.1) is 6.61 Å². The Morgan fingerprint density at radius 2 is 2.36 bits per heavy atom. The number of allylic oxidation sites excluding steroid dienone is 1. The van der Waals surface area contributed by atoms with Gasteiger partial charge in [-0.2, -0.15) is 0 Å². The first-order chi connectivity index (χ1) is 5.40. The maximum Gasteiger partial charge on any atom is 0.0656 e. The summed E-state index contributed by atoms with van der Waals surface area (Å²) in [6.07, 6.45) is 7.11. The molecule has 2 aliphatic rings. The lowest BCUT2D eigenvalue weighted by Crippen LogP contribution is -2.29. The Hall–Kier alpha value is -0.340. The summed E-state index contributed by atoms with van der Waals surface area (Å²) < 4.78 is 0. The molecule has 0 amide bonds. The van der Waals surface area contributed by atoms with E-state index < -0.39 is 0 Å². The number of hydrogen-bond acceptors (Lipinski definition) is 2. The molecular formula is C9H15NO. The van der Waals surface area contributed by atoms with Crippen molar-refractivity contribution in [3.8, 4) is 0 Å². The van der Waals surface area contributed by atoms with E-state index in [0.29, 0.717) is 6.04 Å². The third-order valence-corrected chi connectivity index (χ3v) is 2.79. The van der Waals surface area contributed by atoms with Gasteiger partial charge in [0, 0.05) is 12.1 Å². The molecule has 0 aromatic heterocycles. The van der Waals surface area contributed by atoms with Gasteiger partial charge in [0.15, 0.2) is 0 Å². The van der Waals surface area contributed by atoms with Gasteiger partial charge in [-0.05, 0) is 31.3 Å². The predicted molar refractivity (Wildman–Crippen MR) is 44.3 cm³/mol. The summed E-state index contributed by atoms with van der Waals surface area (Å²) in [5, 5.41) is 12.6. The summed E-state index contributed by atoms with van der Waals surface area (Å²) in [4.78, 5) is 0. The zero-order valence-electron chi connectivity index (χ0n) is 6.71. The molecule has 1 saturated heterocycles. The highest BCUT2D eigenvalue weighted by atomic mass is 16.3. The molecule has 2 heterocycles. The number of aliphatic hydroxyl groups is 1. The number of hydrogen-bond donors (Lipinski definition) is 2. The van der Waals surface area contributed by atoms with E-state index in [4.69, 9.17) is 5.11 Å². The molecule has 62 valence electrons. The van der Waals surface area contributed by atoms with Gasteiger partial charge in [-0.3, -0.25) is 0 Å². The molecule has 0 spiro atoms. The predicted octanol–water partition coefficient (Wildman–Crippen LogP) is 0.819. The van der Waals surface area contributed by atoms with Crippen molar-refractivity contribution in [2.24, 2.45) is 0 Å². The fraction of sp³-hybridized carbons (Fsp3) is 0.778. The van der Waals surface area contributed by atoms with Crippen LogP contribution in [-0.2, 0) is 0 Å². The molecule has 2 N–H and O–H groups in total. The first kappa shape index (κ1) is 7.32. The van der Waals surface area contributed by atoms with Crippen molar-refractivity contribution in [1.82, 2.24) is 5.32 Å². The van der Waals surface area contributed by atoms with E-state index in [-0.39, 0.29) is 6.61 Å². The lowest BCUT2D eigenvalue weighted by Gasteiger charge is -2.11. The maximum absolute atomic E-state index is 9.03. The summed E-state index contributed by atoms with van der Waals surface area (Å²) in [6.45, 7) is 0.240. The fourth-order valence-electron chi connectivity index (χ4n) is 2.13. The van der Waals surface area contributed by atoms with Crippen LogP contribution in [0.25, 0.3) is 0 Å². The van der Waals surface area contributed by atoms with Crippen molar-refractivity contribution in [1.29, 1.82) is 0 Å². The van der Waals surface area contributed by atoms with Crippen LogP contribution in [0, 0.1) is 0 Å². The van der Waals surface area contributed by atoms with Crippen LogP contribution in [0.5, 0.6) is 0 Å². The Balaban J connectivity index is 2.12. The van der Waals surface area contributed by atoms with Crippen LogP contribution in [0.2, 0.25) is 0 Å². The number of rotatable bonds is 1. The van der Waals surface area contributed by atoms with E-state index in [1.54, 1.807) is 0 Å². The number of aliphatic hydroxyl groups excluding tert-OH is 1. The highest BCUT2D eigenvalue weighted by molar-refractivity contribution is 5.16. The summed E-state index contributed by atoms with van der Waals surface area (Å²) in [7, 11) is 0. The Kier molecular flexibility index (Phi) is 1.96. The zero-order chi connectivity index (χ0) is 7.68. The average Bonchev–Trinajstić information content (AvgIpc) is 2.33. The number of fused-ring (bicyclic) bond motifs is 2. The largest absolute Gasteiger partial charge is 0.392 e. The van der Waals surface area contributed by atoms with Crippen molar-refractivity contribution < 1.29 is 5.11 Å². The van der Waals surface area contributed by atoms with Crippen molar-refractivity contribution in [3.63, 3.8) is 0 Å². The smallest absolute Gasteiger partial charge is 0.0656 e. The normalized spacial score (nSPS) is 36.6. The van der Waals surface area contributed by atoms with Crippen LogP contribution >= 0.6 is 0 Å². The van der Waals surface area contributed by atoms with Crippen molar-refractivity contribution in [3.05, 3.63) is 11.6 Å². The summed E-state index contributed by atoms with van der Waals surface area (Å²) in [6, 6.07) is 1.22. The minimum atomic E-state index is 0.240. The van der Waals surface area contributed by atoms with Crippen molar-refractivity contribution in [2.75, 3.05) is 6.61 Å². The highest BCUT2D eigenvalue weighted by Gasteiger charge is 2.27. The molecule has 2 rings (SSSR count). The van der Waals surface area contributed by atoms with E-state index in [1.165, 1.54) is 24.8 Å². The van der Waals surface area contributed by atoms with Gasteiger partial charge in [0.2, 0.25) is 0 Å². The monoisotopic (exact) mass is 153 g/mol. The molecule has 0 aromatic carbocycles. The Morgan fingerprint density at radius 1 is 1.45 bits per heavy atom. The van der Waals surface area contributed by atoms with E-state index >= 15 is 0 Å². The molecule has 2 bridgehead atoms. The first-order valence-electron chi connectivity index (χ1n) is 4.46. The molecule has 0 unspecified atom stereocenters. The summed E-state index contributed by atoms with van der Waals surface area (Å²) in [5.74, 6) is 0. The van der Waals surface area contributed by atoms with Gasteiger partial charge in [-0.15, -0.1) is 0 Å². The molecule has 0 saturated carbocycles. The van der Waals surface area contributed by atoms with E-state index in [1.807, 2.05) is 0 Å². The van der Waals surface area contributed by atoms with Crippen molar-refractivity contribution >= 4 is 0 Å². The first-order valence-corrected chi connectivity index (χ1v) is 4.46. The van der Waals surface area contributed by atoms with E-state index in [2.05, 4.69) is 11.4 Å². The highest BCUT2D eigenvalue weighted by Crippen LogP contribution is 2.25. The standard InChI is InChI=1S/C9H15NO/c11-6-7-2-1-3-8-4-5-9(7)10-8/h2,8-11H,1,3-6H2/t8-,9-/m1/s1. The van der Waals surface area contributed by atoms with Gasteiger partial charge >= 0.3 is 0 Å². The van der Waals surface area contributed by atoms with Crippen LogP contribution in [0.4, 0.5) is 0 Å². The lowest BCUT2D eigenvalue weighted by molar-refractivity contribution is 0.319. The van der Waals surface area contributed by atoms with E-state index in [0.717, 1.165) is 12.5 Å². The molecule has 2 heteroatoms. The van der Waals surface area contributed by atoms with Gasteiger partial charge in [-0.1, -0.05) is 6.08 Å². The molecular weight excluding hydrogens is 138 g/mol. The molecule has 2 atom stereocenters. The summed E-state index contributed by atoms with van der Waals surface area (Å²) in [5.41, 5.74) is 1.21. The fourth-order valence-corrected chi connectivity index (χ4v) is 2.13. The van der Waals surface area contributed by atoms with Gasteiger partial charge < -0.3 is 10.4 Å². The zero-order valence-corrected chi connectivity index (χ0v) is 6.71. The van der Waals surface area contributed by atoms with Gasteiger partial charge in [0.1, 0.15) is 0 Å². The summed E-state index contributed by atoms with van der Waals surface area (Å²) >= 11 is 0.